The fraction of sp³-hybridized carbons (Fsp3) is 0.625. The van der Waals surface area contributed by atoms with Gasteiger partial charge in [-0.15, -0.1) is 0 Å². The monoisotopic (exact) mass is 408 g/mol. The SMILES string of the molecule is CCCN1CCCC2(CCc3c(NCCCN(C)C)nc(-c4cccnc4)nc32)C1. The second kappa shape index (κ2) is 9.40. The quantitative estimate of drug-likeness (QED) is 0.674. The number of piperidine rings is 1. The van der Waals surface area contributed by atoms with Crippen LogP contribution in [0.4, 0.5) is 5.82 Å². The Balaban J connectivity index is 1.67. The fourth-order valence-electron chi connectivity index (χ4n) is 5.15. The molecule has 6 nitrogen and oxygen atoms in total. The van der Waals surface area contributed by atoms with Crippen molar-refractivity contribution >= 4 is 5.82 Å². The van der Waals surface area contributed by atoms with Crippen LogP contribution in [0.5, 0.6) is 0 Å². The van der Waals surface area contributed by atoms with Gasteiger partial charge in [0.05, 0.1) is 5.69 Å². The van der Waals surface area contributed by atoms with Gasteiger partial charge in [0.1, 0.15) is 5.82 Å². The molecule has 1 spiro atoms. The van der Waals surface area contributed by atoms with Crippen LogP contribution in [-0.4, -0.2) is 71.6 Å². The maximum absolute atomic E-state index is 5.19. The van der Waals surface area contributed by atoms with Crippen LogP contribution >= 0.6 is 0 Å². The summed E-state index contributed by atoms with van der Waals surface area (Å²) >= 11 is 0. The number of nitrogens with one attached hydrogen (secondary N) is 1. The molecule has 0 radical (unpaired) electrons. The Morgan fingerprint density at radius 2 is 2.13 bits per heavy atom. The van der Waals surface area contributed by atoms with Gasteiger partial charge in [0, 0.05) is 42.0 Å². The number of fused-ring (bicyclic) bond motifs is 2. The maximum Gasteiger partial charge on any atom is 0.163 e. The summed E-state index contributed by atoms with van der Waals surface area (Å²) in [7, 11) is 4.25. The van der Waals surface area contributed by atoms with Crippen molar-refractivity contribution in [1.82, 2.24) is 24.8 Å². The lowest BCUT2D eigenvalue weighted by Crippen LogP contribution is -2.45. The Morgan fingerprint density at radius 3 is 2.90 bits per heavy atom. The van der Waals surface area contributed by atoms with E-state index in [1.165, 1.54) is 50.0 Å². The number of hydrogen-bond acceptors (Lipinski definition) is 6. The van der Waals surface area contributed by atoms with Crippen molar-refractivity contribution in [2.75, 3.05) is 52.1 Å². The Morgan fingerprint density at radius 1 is 1.23 bits per heavy atom. The van der Waals surface area contributed by atoms with Crippen LogP contribution in [0.3, 0.4) is 0 Å². The molecule has 4 rings (SSSR count). The highest BCUT2D eigenvalue weighted by Crippen LogP contribution is 2.46. The van der Waals surface area contributed by atoms with Gasteiger partial charge in [-0.25, -0.2) is 9.97 Å². The van der Waals surface area contributed by atoms with Crippen LogP contribution in [0.25, 0.3) is 11.4 Å². The van der Waals surface area contributed by atoms with Crippen molar-refractivity contribution in [3.8, 4) is 11.4 Å². The largest absolute Gasteiger partial charge is 0.370 e. The summed E-state index contributed by atoms with van der Waals surface area (Å²) in [6.45, 7) is 7.84. The zero-order valence-corrected chi connectivity index (χ0v) is 18.8. The lowest BCUT2D eigenvalue weighted by molar-refractivity contribution is 0.143. The van der Waals surface area contributed by atoms with Crippen LogP contribution < -0.4 is 5.32 Å². The standard InChI is InChI=1S/C24H36N6/c1-4-14-30-16-6-10-24(18-30)11-9-20-21(24)27-22(19-8-5-12-25-17-19)28-23(20)26-13-7-15-29(2)3/h5,8,12,17H,4,6-7,9-11,13-16,18H2,1-3H3,(H,26,27,28). The Bertz CT molecular complexity index is 835. The fourth-order valence-corrected chi connectivity index (χ4v) is 5.15. The van der Waals surface area contributed by atoms with E-state index in [-0.39, 0.29) is 5.41 Å². The van der Waals surface area contributed by atoms with Crippen LogP contribution in [-0.2, 0) is 11.8 Å². The minimum absolute atomic E-state index is 0.183. The van der Waals surface area contributed by atoms with Crippen LogP contribution in [0.2, 0.25) is 0 Å². The van der Waals surface area contributed by atoms with Crippen molar-refractivity contribution < 1.29 is 0 Å². The highest BCUT2D eigenvalue weighted by molar-refractivity contribution is 5.61. The van der Waals surface area contributed by atoms with Crippen molar-refractivity contribution in [2.45, 2.75) is 50.9 Å². The van der Waals surface area contributed by atoms with Gasteiger partial charge in [-0.2, -0.15) is 0 Å². The predicted molar refractivity (Wildman–Crippen MR) is 123 cm³/mol. The molecule has 1 atom stereocenters. The number of hydrogen-bond donors (Lipinski definition) is 1. The molecule has 1 fully saturated rings. The third-order valence-electron chi connectivity index (χ3n) is 6.55. The highest BCUT2D eigenvalue weighted by Gasteiger charge is 2.44. The molecular formula is C24H36N6. The molecule has 30 heavy (non-hydrogen) atoms. The summed E-state index contributed by atoms with van der Waals surface area (Å²) in [6, 6.07) is 4.03. The van der Waals surface area contributed by atoms with E-state index < -0.39 is 0 Å². The smallest absolute Gasteiger partial charge is 0.163 e. The summed E-state index contributed by atoms with van der Waals surface area (Å²) in [4.78, 5) is 19.3. The average molecular weight is 409 g/mol. The van der Waals surface area contributed by atoms with Gasteiger partial charge in [0.15, 0.2) is 5.82 Å². The summed E-state index contributed by atoms with van der Waals surface area (Å²) in [5.74, 6) is 1.85. The minimum Gasteiger partial charge on any atom is -0.370 e. The molecule has 1 N–H and O–H groups in total. The van der Waals surface area contributed by atoms with Crippen LogP contribution in [0, 0.1) is 0 Å². The molecule has 1 aliphatic heterocycles. The summed E-state index contributed by atoms with van der Waals surface area (Å²) in [5.41, 5.74) is 3.83. The van der Waals surface area contributed by atoms with Gasteiger partial charge >= 0.3 is 0 Å². The molecule has 2 aromatic rings. The van der Waals surface area contributed by atoms with Crippen LogP contribution in [0.1, 0.15) is 50.3 Å². The molecule has 2 aliphatic rings. The number of rotatable bonds is 8. The number of likely N-dealkylation sites (tertiary alicyclic amines) is 1. The molecule has 3 heterocycles. The second-order valence-corrected chi connectivity index (χ2v) is 9.21. The molecular weight excluding hydrogens is 372 g/mol. The van der Waals surface area contributed by atoms with Gasteiger partial charge in [0.2, 0.25) is 0 Å². The van der Waals surface area contributed by atoms with E-state index in [9.17, 15) is 0 Å². The molecule has 6 heteroatoms. The van der Waals surface area contributed by atoms with Crippen molar-refractivity contribution in [2.24, 2.45) is 0 Å². The Labute approximate surface area is 181 Å². The number of anilines is 1. The van der Waals surface area contributed by atoms with E-state index >= 15 is 0 Å². The summed E-state index contributed by atoms with van der Waals surface area (Å²) < 4.78 is 0. The first kappa shape index (κ1) is 21.2. The van der Waals surface area contributed by atoms with Gasteiger partial charge in [-0.05, 0) is 84.4 Å². The third kappa shape index (κ3) is 4.49. The Hall–Kier alpha value is -2.05. The molecule has 0 amide bonds. The third-order valence-corrected chi connectivity index (χ3v) is 6.55. The molecule has 1 saturated heterocycles. The van der Waals surface area contributed by atoms with Gasteiger partial charge < -0.3 is 15.1 Å². The van der Waals surface area contributed by atoms with Crippen LogP contribution in [0.15, 0.2) is 24.5 Å². The first-order valence-electron chi connectivity index (χ1n) is 11.5. The zero-order valence-electron chi connectivity index (χ0n) is 18.8. The van der Waals surface area contributed by atoms with Gasteiger partial charge in [0.25, 0.3) is 0 Å². The van der Waals surface area contributed by atoms with E-state index in [0.717, 1.165) is 49.7 Å². The first-order chi connectivity index (χ1) is 14.6. The number of pyridine rings is 1. The van der Waals surface area contributed by atoms with E-state index in [1.54, 1.807) is 0 Å². The minimum atomic E-state index is 0.183. The van der Waals surface area contributed by atoms with E-state index in [0.29, 0.717) is 0 Å². The first-order valence-corrected chi connectivity index (χ1v) is 11.5. The summed E-state index contributed by atoms with van der Waals surface area (Å²) in [6.07, 6.45) is 10.8. The Kier molecular flexibility index (Phi) is 6.64. The molecule has 0 saturated carbocycles. The lowest BCUT2D eigenvalue weighted by Gasteiger charge is -2.40. The number of nitrogens with zero attached hydrogens (tertiary/aromatic N) is 5. The van der Waals surface area contributed by atoms with Crippen molar-refractivity contribution in [1.29, 1.82) is 0 Å². The van der Waals surface area contributed by atoms with Gasteiger partial charge in [-0.3, -0.25) is 4.98 Å². The molecule has 1 unspecified atom stereocenters. The summed E-state index contributed by atoms with van der Waals surface area (Å²) in [5, 5.41) is 3.66. The molecule has 162 valence electrons. The van der Waals surface area contributed by atoms with E-state index in [2.05, 4.69) is 47.2 Å². The lowest BCUT2D eigenvalue weighted by atomic mass is 9.77. The predicted octanol–water partition coefficient (Wildman–Crippen LogP) is 3.59. The molecule has 0 aromatic carbocycles. The average Bonchev–Trinajstić information content (AvgIpc) is 3.09. The molecule has 2 aromatic heterocycles. The van der Waals surface area contributed by atoms with Gasteiger partial charge in [-0.1, -0.05) is 6.92 Å². The topological polar surface area (TPSA) is 57.2 Å². The normalized spacial score (nSPS) is 21.3. The van der Waals surface area contributed by atoms with E-state index in [1.807, 2.05) is 18.5 Å². The van der Waals surface area contributed by atoms with Crippen molar-refractivity contribution in [3.05, 3.63) is 35.8 Å². The zero-order chi connectivity index (χ0) is 21.0. The second-order valence-electron chi connectivity index (χ2n) is 9.21. The van der Waals surface area contributed by atoms with Crippen molar-refractivity contribution in [3.63, 3.8) is 0 Å². The number of aromatic nitrogens is 3. The maximum atomic E-state index is 5.19. The molecule has 1 aliphatic carbocycles. The van der Waals surface area contributed by atoms with E-state index in [4.69, 9.17) is 9.97 Å². The molecule has 0 bridgehead atoms. The highest BCUT2D eigenvalue weighted by atomic mass is 15.1.